The van der Waals surface area contributed by atoms with Gasteiger partial charge in [-0.05, 0) is 29.5 Å². The highest BCUT2D eigenvalue weighted by molar-refractivity contribution is 6.11. The number of nitrogens with zero attached hydrogens (tertiary/aromatic N) is 1. The van der Waals surface area contributed by atoms with E-state index in [-0.39, 0.29) is 0 Å². The molecule has 2 aromatic carbocycles. The summed E-state index contributed by atoms with van der Waals surface area (Å²) in [5, 5.41) is 0. The van der Waals surface area contributed by atoms with Crippen molar-refractivity contribution in [3.05, 3.63) is 77.9 Å². The lowest BCUT2D eigenvalue weighted by Gasteiger charge is -2.04. The van der Waals surface area contributed by atoms with Crippen molar-refractivity contribution in [1.82, 2.24) is 0 Å². The molecule has 0 saturated carbocycles. The summed E-state index contributed by atoms with van der Waals surface area (Å²) in [6.07, 6.45) is 6.45. The Hall–Kier alpha value is -2.15. The molecule has 94 valence electrons. The zero-order chi connectivity index (χ0) is 12.9. The number of hydrogen-bond acceptors (Lipinski definition) is 1. The maximum absolute atomic E-state index is 4.59. The first kappa shape index (κ1) is 11.9. The molecule has 1 nitrogen and oxygen atoms in total. The zero-order valence-electron chi connectivity index (χ0n) is 10.9. The Morgan fingerprint density at radius 3 is 2.26 bits per heavy atom. The Morgan fingerprint density at radius 1 is 0.842 bits per heavy atom. The SMILES string of the molecule is C1=N[C@H](CCc2ccccc2)C=C1c1ccccc1. The number of allylic oxidation sites excluding steroid dienone is 1. The summed E-state index contributed by atoms with van der Waals surface area (Å²) in [6, 6.07) is 21.4. The van der Waals surface area contributed by atoms with Crippen molar-refractivity contribution in [2.24, 2.45) is 4.99 Å². The predicted molar refractivity (Wildman–Crippen MR) is 81.5 cm³/mol. The van der Waals surface area contributed by atoms with E-state index in [1.165, 1.54) is 16.7 Å². The lowest BCUT2D eigenvalue weighted by atomic mass is 10.0. The van der Waals surface area contributed by atoms with Crippen molar-refractivity contribution in [1.29, 1.82) is 0 Å². The minimum atomic E-state index is 0.329. The molecule has 0 aliphatic carbocycles. The van der Waals surface area contributed by atoms with E-state index in [1.54, 1.807) is 0 Å². The van der Waals surface area contributed by atoms with Crippen molar-refractivity contribution in [3.8, 4) is 0 Å². The van der Waals surface area contributed by atoms with E-state index in [4.69, 9.17) is 0 Å². The van der Waals surface area contributed by atoms with E-state index >= 15 is 0 Å². The minimum Gasteiger partial charge on any atom is -0.285 e. The van der Waals surface area contributed by atoms with Crippen molar-refractivity contribution in [3.63, 3.8) is 0 Å². The first-order chi connectivity index (χ1) is 9.42. The third-order valence-corrected chi connectivity index (χ3v) is 3.46. The third-order valence-electron chi connectivity index (χ3n) is 3.46. The Labute approximate surface area is 114 Å². The van der Waals surface area contributed by atoms with E-state index in [9.17, 15) is 0 Å². The largest absolute Gasteiger partial charge is 0.285 e. The molecule has 1 heteroatoms. The predicted octanol–water partition coefficient (Wildman–Crippen LogP) is 4.16. The van der Waals surface area contributed by atoms with Crippen LogP contribution in [0.15, 0.2) is 71.7 Å². The van der Waals surface area contributed by atoms with Crippen LogP contribution >= 0.6 is 0 Å². The summed E-state index contributed by atoms with van der Waals surface area (Å²) in [4.78, 5) is 4.59. The molecular formula is C18H17N. The van der Waals surface area contributed by atoms with Crippen LogP contribution in [0.1, 0.15) is 17.5 Å². The van der Waals surface area contributed by atoms with Gasteiger partial charge in [0.2, 0.25) is 0 Å². The van der Waals surface area contributed by atoms with E-state index in [0.29, 0.717) is 6.04 Å². The lowest BCUT2D eigenvalue weighted by Crippen LogP contribution is -1.99. The van der Waals surface area contributed by atoms with Gasteiger partial charge in [0.05, 0.1) is 6.04 Å². The average molecular weight is 247 g/mol. The van der Waals surface area contributed by atoms with Crippen molar-refractivity contribution in [2.75, 3.05) is 0 Å². The fraction of sp³-hybridized carbons (Fsp3) is 0.167. The molecule has 0 aromatic heterocycles. The van der Waals surface area contributed by atoms with Crippen molar-refractivity contribution < 1.29 is 0 Å². The molecule has 1 heterocycles. The van der Waals surface area contributed by atoms with Crippen LogP contribution in [0.25, 0.3) is 5.57 Å². The first-order valence-corrected chi connectivity index (χ1v) is 6.76. The van der Waals surface area contributed by atoms with Gasteiger partial charge in [0.25, 0.3) is 0 Å². The molecule has 19 heavy (non-hydrogen) atoms. The summed E-state index contributed by atoms with van der Waals surface area (Å²) < 4.78 is 0. The van der Waals surface area contributed by atoms with E-state index in [2.05, 4.69) is 65.7 Å². The van der Waals surface area contributed by atoms with Gasteiger partial charge in [-0.2, -0.15) is 0 Å². The second-order valence-electron chi connectivity index (χ2n) is 4.86. The van der Waals surface area contributed by atoms with Crippen LogP contribution in [-0.4, -0.2) is 12.3 Å². The molecule has 0 bridgehead atoms. The summed E-state index contributed by atoms with van der Waals surface area (Å²) in [7, 11) is 0. The van der Waals surface area contributed by atoms with Crippen LogP contribution in [0.4, 0.5) is 0 Å². The van der Waals surface area contributed by atoms with Crippen LogP contribution in [0.5, 0.6) is 0 Å². The van der Waals surface area contributed by atoms with Gasteiger partial charge in [-0.1, -0.05) is 66.7 Å². The molecule has 0 N–H and O–H groups in total. The molecule has 0 amide bonds. The summed E-state index contributed by atoms with van der Waals surface area (Å²) >= 11 is 0. The minimum absolute atomic E-state index is 0.329. The van der Waals surface area contributed by atoms with Gasteiger partial charge in [-0.3, -0.25) is 4.99 Å². The van der Waals surface area contributed by atoms with Crippen LogP contribution in [-0.2, 0) is 6.42 Å². The summed E-state index contributed by atoms with van der Waals surface area (Å²) in [5.41, 5.74) is 3.89. The third kappa shape index (κ3) is 3.00. The number of aliphatic imine (C=N–C) groups is 1. The van der Waals surface area contributed by atoms with Gasteiger partial charge >= 0.3 is 0 Å². The van der Waals surface area contributed by atoms with Gasteiger partial charge in [0.15, 0.2) is 0 Å². The van der Waals surface area contributed by atoms with Crippen LogP contribution in [0.3, 0.4) is 0 Å². The first-order valence-electron chi connectivity index (χ1n) is 6.76. The fourth-order valence-corrected chi connectivity index (χ4v) is 2.39. The second-order valence-corrected chi connectivity index (χ2v) is 4.86. The molecule has 0 unspecified atom stereocenters. The highest BCUT2D eigenvalue weighted by Gasteiger charge is 2.11. The van der Waals surface area contributed by atoms with Crippen molar-refractivity contribution >= 4 is 11.8 Å². The van der Waals surface area contributed by atoms with E-state index in [0.717, 1.165) is 12.8 Å². The highest BCUT2D eigenvalue weighted by Crippen LogP contribution is 2.21. The monoisotopic (exact) mass is 247 g/mol. The molecule has 3 rings (SSSR count). The quantitative estimate of drug-likeness (QED) is 0.769. The molecule has 0 fully saturated rings. The van der Waals surface area contributed by atoms with Gasteiger partial charge in [-0.25, -0.2) is 0 Å². The second kappa shape index (κ2) is 5.66. The molecule has 2 aromatic rings. The molecule has 1 atom stereocenters. The Balaban J connectivity index is 1.63. The van der Waals surface area contributed by atoms with Gasteiger partial charge < -0.3 is 0 Å². The Morgan fingerprint density at radius 2 is 1.53 bits per heavy atom. The number of benzene rings is 2. The van der Waals surface area contributed by atoms with E-state index < -0.39 is 0 Å². The number of rotatable bonds is 4. The molecule has 0 saturated heterocycles. The zero-order valence-corrected chi connectivity index (χ0v) is 10.9. The smallest absolute Gasteiger partial charge is 0.0692 e. The summed E-state index contributed by atoms with van der Waals surface area (Å²) in [6.45, 7) is 0. The lowest BCUT2D eigenvalue weighted by molar-refractivity contribution is 0.733. The topological polar surface area (TPSA) is 12.4 Å². The average Bonchev–Trinajstić information content (AvgIpc) is 2.96. The van der Waals surface area contributed by atoms with Gasteiger partial charge in [-0.15, -0.1) is 0 Å². The molecule has 1 aliphatic rings. The molecular weight excluding hydrogens is 230 g/mol. The number of hydrogen-bond donors (Lipinski definition) is 0. The van der Waals surface area contributed by atoms with Crippen LogP contribution < -0.4 is 0 Å². The Kier molecular flexibility index (Phi) is 3.55. The highest BCUT2D eigenvalue weighted by atomic mass is 14.8. The molecule has 0 spiro atoms. The fourth-order valence-electron chi connectivity index (χ4n) is 2.39. The van der Waals surface area contributed by atoms with Crippen molar-refractivity contribution in [2.45, 2.75) is 18.9 Å². The maximum Gasteiger partial charge on any atom is 0.0692 e. The summed E-state index contributed by atoms with van der Waals surface area (Å²) in [5.74, 6) is 0. The maximum atomic E-state index is 4.59. The van der Waals surface area contributed by atoms with Gasteiger partial charge in [0, 0.05) is 6.21 Å². The molecule has 1 aliphatic heterocycles. The standard InChI is InChI=1S/C18H17N/c1-3-7-15(8-4-1)11-12-18-13-17(14-19-18)16-9-5-2-6-10-16/h1-10,13-14,18H,11-12H2/t18-/m1/s1. The van der Waals surface area contributed by atoms with Gasteiger partial charge in [0.1, 0.15) is 0 Å². The normalized spacial score (nSPS) is 17.5. The number of aryl methyl sites for hydroxylation is 1. The van der Waals surface area contributed by atoms with Crippen LogP contribution in [0, 0.1) is 0 Å². The molecule has 0 radical (unpaired) electrons. The van der Waals surface area contributed by atoms with E-state index in [1.807, 2.05) is 12.3 Å². The Bertz CT molecular complexity index is 582. The van der Waals surface area contributed by atoms with Crippen LogP contribution in [0.2, 0.25) is 0 Å².